The van der Waals surface area contributed by atoms with Gasteiger partial charge in [0, 0.05) is 22.9 Å². The molecule has 166 valence electrons. The van der Waals surface area contributed by atoms with Gasteiger partial charge in [-0.3, -0.25) is 0 Å². The van der Waals surface area contributed by atoms with Crippen LogP contribution in [0.1, 0.15) is 37.6 Å². The highest BCUT2D eigenvalue weighted by Gasteiger charge is 2.17. The molecule has 2 heterocycles. The van der Waals surface area contributed by atoms with Gasteiger partial charge in [-0.1, -0.05) is 5.16 Å². The monoisotopic (exact) mass is 425 g/mol. The molecule has 0 bridgehead atoms. The lowest BCUT2D eigenvalue weighted by atomic mass is 10.1. The number of hydrogen-bond acceptors (Lipinski definition) is 8. The number of aliphatic hydroxyl groups excluding tert-OH is 1. The van der Waals surface area contributed by atoms with Crippen molar-refractivity contribution in [1.82, 2.24) is 15.1 Å². The molecule has 1 aromatic carbocycles. The van der Waals surface area contributed by atoms with Crippen LogP contribution in [-0.4, -0.2) is 45.0 Å². The molecule has 2 aromatic heterocycles. The number of ether oxygens (including phenoxy) is 1. The quantitative estimate of drug-likeness (QED) is 0.500. The van der Waals surface area contributed by atoms with Crippen LogP contribution in [0.5, 0.6) is 5.75 Å². The molecule has 0 saturated heterocycles. The van der Waals surface area contributed by atoms with Crippen LogP contribution in [0.3, 0.4) is 0 Å². The van der Waals surface area contributed by atoms with Crippen LogP contribution >= 0.6 is 0 Å². The van der Waals surface area contributed by atoms with E-state index in [0.717, 1.165) is 39.5 Å². The largest absolute Gasteiger partial charge is 0.491 e. The normalized spacial score (nSPS) is 13.3. The Morgan fingerprint density at radius 2 is 1.71 bits per heavy atom. The molecule has 0 radical (unpaired) electrons. The van der Waals surface area contributed by atoms with E-state index in [1.54, 1.807) is 6.92 Å². The van der Waals surface area contributed by atoms with Crippen LogP contribution in [0, 0.1) is 20.8 Å². The standard InChI is InChI=1S/C23H31N5O3/c1-12(2)25-20-10-18(9-15(5)26-20)23-27-22(28-31-23)17-7-13(3)21(14(4)8-17)30-11-19(24)16(6)29/h7-10,12,16,19,29H,11,24H2,1-6H3,(H,25,26)/t16-,19+/m1/s1. The molecule has 3 rings (SSSR count). The number of nitrogens with two attached hydrogens (primary N) is 1. The van der Waals surface area contributed by atoms with Gasteiger partial charge in [0.15, 0.2) is 0 Å². The fraction of sp³-hybridized carbons (Fsp3) is 0.435. The second kappa shape index (κ2) is 9.45. The van der Waals surface area contributed by atoms with Crippen LogP contribution in [0.2, 0.25) is 0 Å². The number of nitrogens with zero attached hydrogens (tertiary/aromatic N) is 3. The fourth-order valence-electron chi connectivity index (χ4n) is 3.25. The van der Waals surface area contributed by atoms with Crippen LogP contribution in [0.15, 0.2) is 28.8 Å². The molecule has 31 heavy (non-hydrogen) atoms. The summed E-state index contributed by atoms with van der Waals surface area (Å²) in [7, 11) is 0. The molecule has 0 saturated carbocycles. The Morgan fingerprint density at radius 1 is 1.03 bits per heavy atom. The molecular weight excluding hydrogens is 394 g/mol. The minimum atomic E-state index is -0.634. The average molecular weight is 426 g/mol. The van der Waals surface area contributed by atoms with E-state index in [2.05, 4.69) is 34.3 Å². The van der Waals surface area contributed by atoms with Crippen molar-refractivity contribution >= 4 is 5.82 Å². The SMILES string of the molecule is Cc1cc(-c2nc(-c3cc(C)c(OC[C@H](N)[C@@H](C)O)c(C)c3)no2)cc(NC(C)C)n1. The highest BCUT2D eigenvalue weighted by atomic mass is 16.5. The van der Waals surface area contributed by atoms with Gasteiger partial charge in [-0.15, -0.1) is 0 Å². The van der Waals surface area contributed by atoms with Gasteiger partial charge in [0.05, 0.1) is 12.1 Å². The number of benzene rings is 1. The number of aromatic nitrogens is 3. The molecule has 0 aliphatic heterocycles. The summed E-state index contributed by atoms with van der Waals surface area (Å²) in [6.07, 6.45) is -0.634. The van der Waals surface area contributed by atoms with Gasteiger partial charge in [0.2, 0.25) is 5.82 Å². The second-order valence-corrected chi connectivity index (χ2v) is 8.26. The third-order valence-corrected chi connectivity index (χ3v) is 4.82. The minimum absolute atomic E-state index is 0.235. The summed E-state index contributed by atoms with van der Waals surface area (Å²) in [6, 6.07) is 7.55. The highest BCUT2D eigenvalue weighted by Crippen LogP contribution is 2.31. The molecule has 0 aliphatic rings. The first-order valence-corrected chi connectivity index (χ1v) is 10.4. The van der Waals surface area contributed by atoms with Crippen molar-refractivity contribution in [3.05, 3.63) is 41.1 Å². The van der Waals surface area contributed by atoms with Gasteiger partial charge in [-0.25, -0.2) is 4.98 Å². The Labute approximate surface area is 182 Å². The van der Waals surface area contributed by atoms with Gasteiger partial charge < -0.3 is 25.4 Å². The average Bonchev–Trinajstić information content (AvgIpc) is 3.16. The topological polar surface area (TPSA) is 119 Å². The zero-order valence-electron chi connectivity index (χ0n) is 18.9. The van der Waals surface area contributed by atoms with E-state index in [1.165, 1.54) is 0 Å². The van der Waals surface area contributed by atoms with Crippen LogP contribution in [-0.2, 0) is 0 Å². The zero-order valence-corrected chi connectivity index (χ0v) is 18.9. The molecule has 8 heteroatoms. The lowest BCUT2D eigenvalue weighted by Gasteiger charge is -2.18. The summed E-state index contributed by atoms with van der Waals surface area (Å²) in [6.45, 7) is 11.8. The number of aliphatic hydroxyl groups is 1. The Bertz CT molecular complexity index is 1020. The number of anilines is 1. The van der Waals surface area contributed by atoms with Crippen molar-refractivity contribution in [3.63, 3.8) is 0 Å². The van der Waals surface area contributed by atoms with Gasteiger partial charge in [-0.05, 0) is 76.9 Å². The maximum absolute atomic E-state index is 9.56. The lowest BCUT2D eigenvalue weighted by Crippen LogP contribution is -2.38. The summed E-state index contributed by atoms with van der Waals surface area (Å²) >= 11 is 0. The first-order chi connectivity index (χ1) is 14.6. The van der Waals surface area contributed by atoms with E-state index in [0.29, 0.717) is 11.7 Å². The van der Waals surface area contributed by atoms with E-state index >= 15 is 0 Å². The summed E-state index contributed by atoms with van der Waals surface area (Å²) < 4.78 is 11.4. The first kappa shape index (κ1) is 22.7. The fourth-order valence-corrected chi connectivity index (χ4v) is 3.25. The van der Waals surface area contributed by atoms with Gasteiger partial charge in [0.1, 0.15) is 18.2 Å². The highest BCUT2D eigenvalue weighted by molar-refractivity contribution is 5.65. The minimum Gasteiger partial charge on any atom is -0.491 e. The predicted molar refractivity (Wildman–Crippen MR) is 121 cm³/mol. The van der Waals surface area contributed by atoms with E-state index in [1.807, 2.05) is 45.0 Å². The third kappa shape index (κ3) is 5.59. The smallest absolute Gasteiger partial charge is 0.258 e. The van der Waals surface area contributed by atoms with E-state index in [4.69, 9.17) is 15.0 Å². The Hall–Kier alpha value is -2.97. The lowest BCUT2D eigenvalue weighted by molar-refractivity contribution is 0.130. The molecule has 0 amide bonds. The molecule has 0 fully saturated rings. The summed E-state index contributed by atoms with van der Waals surface area (Å²) in [5.74, 6) is 2.46. The Morgan fingerprint density at radius 3 is 2.32 bits per heavy atom. The zero-order chi connectivity index (χ0) is 22.7. The number of aryl methyl sites for hydroxylation is 3. The molecular formula is C23H31N5O3. The number of rotatable bonds is 8. The first-order valence-electron chi connectivity index (χ1n) is 10.4. The van der Waals surface area contributed by atoms with E-state index in [-0.39, 0.29) is 12.6 Å². The summed E-state index contributed by atoms with van der Waals surface area (Å²) in [5, 5.41) is 17.0. The van der Waals surface area contributed by atoms with Gasteiger partial charge >= 0.3 is 0 Å². The molecule has 3 aromatic rings. The van der Waals surface area contributed by atoms with Crippen LogP contribution in [0.25, 0.3) is 22.8 Å². The van der Waals surface area contributed by atoms with Crippen LogP contribution < -0.4 is 15.8 Å². The van der Waals surface area contributed by atoms with Crippen molar-refractivity contribution in [3.8, 4) is 28.6 Å². The molecule has 4 N–H and O–H groups in total. The van der Waals surface area contributed by atoms with Crippen molar-refractivity contribution < 1.29 is 14.4 Å². The Balaban J connectivity index is 1.85. The number of hydrogen-bond donors (Lipinski definition) is 3. The van der Waals surface area contributed by atoms with Crippen molar-refractivity contribution in [2.45, 2.75) is 59.7 Å². The maximum Gasteiger partial charge on any atom is 0.258 e. The number of pyridine rings is 1. The molecule has 0 unspecified atom stereocenters. The van der Waals surface area contributed by atoms with Crippen LogP contribution in [0.4, 0.5) is 5.82 Å². The molecule has 8 nitrogen and oxygen atoms in total. The van der Waals surface area contributed by atoms with Crippen molar-refractivity contribution in [1.29, 1.82) is 0 Å². The third-order valence-electron chi connectivity index (χ3n) is 4.82. The molecule has 0 spiro atoms. The van der Waals surface area contributed by atoms with Crippen molar-refractivity contribution in [2.75, 3.05) is 11.9 Å². The molecule has 0 aliphatic carbocycles. The summed E-state index contributed by atoms with van der Waals surface area (Å²) in [5.41, 5.74) is 10.3. The van der Waals surface area contributed by atoms with Gasteiger partial charge in [0.25, 0.3) is 5.89 Å². The summed E-state index contributed by atoms with van der Waals surface area (Å²) in [4.78, 5) is 9.09. The van der Waals surface area contributed by atoms with Crippen molar-refractivity contribution in [2.24, 2.45) is 5.73 Å². The maximum atomic E-state index is 9.56. The van der Waals surface area contributed by atoms with Gasteiger partial charge in [-0.2, -0.15) is 4.98 Å². The number of nitrogens with one attached hydrogen (secondary N) is 1. The molecule has 2 atom stereocenters. The Kier molecular flexibility index (Phi) is 6.92. The van der Waals surface area contributed by atoms with E-state index in [9.17, 15) is 5.11 Å². The predicted octanol–water partition coefficient (Wildman–Crippen LogP) is 3.63. The van der Waals surface area contributed by atoms with E-state index < -0.39 is 12.1 Å². The second-order valence-electron chi connectivity index (χ2n) is 8.26.